The Balaban J connectivity index is 2.33. The van der Waals surface area contributed by atoms with Gasteiger partial charge in [-0.2, -0.15) is 0 Å². The van der Waals surface area contributed by atoms with Crippen molar-refractivity contribution in [3.8, 4) is 5.75 Å². The second kappa shape index (κ2) is 7.67. The number of amides is 1. The fourth-order valence-corrected chi connectivity index (χ4v) is 2.50. The molecule has 0 saturated carbocycles. The van der Waals surface area contributed by atoms with E-state index in [0.29, 0.717) is 11.0 Å². The molecule has 0 unspecified atom stereocenters. The van der Waals surface area contributed by atoms with Gasteiger partial charge < -0.3 is 25.1 Å². The molecular weight excluding hydrogens is 376 g/mol. The molecule has 28 heavy (non-hydrogen) atoms. The molecule has 6 nitrogen and oxygen atoms in total. The number of alkyl halides is 3. The molecule has 1 aliphatic rings. The van der Waals surface area contributed by atoms with Crippen LogP contribution in [0.5, 0.6) is 5.75 Å². The van der Waals surface area contributed by atoms with E-state index in [2.05, 4.69) is 10.1 Å². The third-order valence-electron chi connectivity index (χ3n) is 4.73. The number of rotatable bonds is 5. The lowest BCUT2D eigenvalue weighted by Gasteiger charge is -2.32. The largest absolute Gasteiger partial charge is 0.573 e. The summed E-state index contributed by atoms with van der Waals surface area (Å²) >= 11 is 0. The van der Waals surface area contributed by atoms with Crippen molar-refractivity contribution in [1.82, 2.24) is 5.32 Å². The number of ether oxygens (including phenoxy) is 1. The van der Waals surface area contributed by atoms with Gasteiger partial charge in [0.15, 0.2) is 0 Å². The summed E-state index contributed by atoms with van der Waals surface area (Å²) in [6.07, 6.45) is -3.17. The molecule has 0 radical (unpaired) electrons. The van der Waals surface area contributed by atoms with Crippen LogP contribution in [0.15, 0.2) is 23.7 Å². The highest BCUT2D eigenvalue weighted by Gasteiger charge is 2.52. The molecule has 1 fully saturated rings. The van der Waals surface area contributed by atoms with Gasteiger partial charge in [0.05, 0.1) is 11.2 Å². The highest BCUT2D eigenvalue weighted by Crippen LogP contribution is 2.39. The van der Waals surface area contributed by atoms with E-state index in [1.807, 2.05) is 27.7 Å². The van der Waals surface area contributed by atoms with Gasteiger partial charge in [0.2, 0.25) is 5.91 Å². The van der Waals surface area contributed by atoms with E-state index < -0.39 is 30.4 Å². The maximum Gasteiger partial charge on any atom is 0.573 e. The van der Waals surface area contributed by atoms with E-state index in [4.69, 9.17) is 15.0 Å². The SMILES string of the molecule is CC(=O)NCC(=Cc1ccc(OC(F)(F)F)cc1N)B1OC(C)(C)C(C)(C)O1. The van der Waals surface area contributed by atoms with Gasteiger partial charge in [0.25, 0.3) is 0 Å². The maximum absolute atomic E-state index is 12.4. The van der Waals surface area contributed by atoms with Crippen LogP contribution in [0.4, 0.5) is 18.9 Å². The number of benzene rings is 1. The summed E-state index contributed by atoms with van der Waals surface area (Å²) in [5.74, 6) is -0.662. The van der Waals surface area contributed by atoms with Gasteiger partial charge in [-0.1, -0.05) is 6.08 Å². The highest BCUT2D eigenvalue weighted by molar-refractivity contribution is 6.56. The summed E-state index contributed by atoms with van der Waals surface area (Å²) in [5, 5.41) is 2.68. The number of nitrogens with one attached hydrogen (secondary N) is 1. The number of halogens is 3. The van der Waals surface area contributed by atoms with E-state index in [9.17, 15) is 18.0 Å². The van der Waals surface area contributed by atoms with Crippen molar-refractivity contribution in [3.05, 3.63) is 29.2 Å². The molecule has 1 aliphatic heterocycles. The van der Waals surface area contributed by atoms with Crippen LogP contribution < -0.4 is 15.8 Å². The predicted molar refractivity (Wildman–Crippen MR) is 100 cm³/mol. The molecule has 3 N–H and O–H groups in total. The third kappa shape index (κ3) is 5.42. The Morgan fingerprint density at radius 2 is 1.82 bits per heavy atom. The molecule has 0 aliphatic carbocycles. The molecule has 10 heteroatoms. The number of carbonyl (C=O) groups is 1. The minimum absolute atomic E-state index is 0.0820. The number of carbonyl (C=O) groups excluding carboxylic acids is 1. The van der Waals surface area contributed by atoms with Crippen molar-refractivity contribution < 1.29 is 32.0 Å². The molecule has 1 aromatic carbocycles. The Hall–Kier alpha value is -2.20. The first kappa shape index (κ1) is 22.1. The summed E-state index contributed by atoms with van der Waals surface area (Å²) in [7, 11) is -0.748. The van der Waals surface area contributed by atoms with Gasteiger partial charge >= 0.3 is 13.5 Å². The summed E-state index contributed by atoms with van der Waals surface area (Å²) in [5.41, 5.74) is 5.81. The number of nitrogens with two attached hydrogens (primary N) is 1. The van der Waals surface area contributed by atoms with Crippen molar-refractivity contribution in [3.63, 3.8) is 0 Å². The highest BCUT2D eigenvalue weighted by atomic mass is 19.4. The van der Waals surface area contributed by atoms with Crippen LogP contribution in [0, 0.1) is 0 Å². The Morgan fingerprint density at radius 3 is 2.29 bits per heavy atom. The van der Waals surface area contributed by atoms with Gasteiger partial charge in [-0.25, -0.2) is 0 Å². The van der Waals surface area contributed by atoms with E-state index in [1.54, 1.807) is 6.08 Å². The topological polar surface area (TPSA) is 82.8 Å². The van der Waals surface area contributed by atoms with Gasteiger partial charge in [0.1, 0.15) is 5.75 Å². The molecule has 1 saturated heterocycles. The van der Waals surface area contributed by atoms with Crippen LogP contribution in [0.2, 0.25) is 0 Å². The predicted octanol–water partition coefficient (Wildman–Crippen LogP) is 3.32. The van der Waals surface area contributed by atoms with E-state index in [0.717, 1.165) is 12.1 Å². The number of hydrogen-bond acceptors (Lipinski definition) is 5. The molecule has 0 spiro atoms. The van der Waals surface area contributed by atoms with E-state index >= 15 is 0 Å². The van der Waals surface area contributed by atoms with Crippen molar-refractivity contribution >= 4 is 24.8 Å². The minimum atomic E-state index is -4.80. The maximum atomic E-state index is 12.4. The fourth-order valence-electron chi connectivity index (χ4n) is 2.50. The fraction of sp³-hybridized carbons (Fsp3) is 0.500. The molecule has 1 amide bonds. The zero-order valence-corrected chi connectivity index (χ0v) is 16.4. The lowest BCUT2D eigenvalue weighted by atomic mass is 9.76. The average molecular weight is 400 g/mol. The molecule has 2 rings (SSSR count). The average Bonchev–Trinajstić information content (AvgIpc) is 2.71. The zero-order valence-electron chi connectivity index (χ0n) is 16.4. The van der Waals surface area contributed by atoms with Crippen LogP contribution >= 0.6 is 0 Å². The van der Waals surface area contributed by atoms with Crippen LogP contribution in [0.3, 0.4) is 0 Å². The van der Waals surface area contributed by atoms with Gasteiger partial charge in [0, 0.05) is 25.2 Å². The summed E-state index contributed by atoms with van der Waals surface area (Å²) in [4.78, 5) is 11.3. The first-order chi connectivity index (χ1) is 12.7. The monoisotopic (exact) mass is 400 g/mol. The number of hydrogen-bond donors (Lipinski definition) is 2. The van der Waals surface area contributed by atoms with Crippen molar-refractivity contribution in [2.24, 2.45) is 0 Å². The minimum Gasteiger partial charge on any atom is -0.406 e. The van der Waals surface area contributed by atoms with Crippen LogP contribution in [-0.2, 0) is 14.1 Å². The summed E-state index contributed by atoms with van der Waals surface area (Å²) in [6.45, 7) is 9.06. The molecule has 0 bridgehead atoms. The van der Waals surface area contributed by atoms with Crippen molar-refractivity contribution in [2.45, 2.75) is 52.2 Å². The zero-order chi connectivity index (χ0) is 21.3. The second-order valence-corrected chi connectivity index (χ2v) is 7.56. The van der Waals surface area contributed by atoms with Crippen molar-refractivity contribution in [1.29, 1.82) is 0 Å². The molecular formula is C18H24BF3N2O4. The van der Waals surface area contributed by atoms with Crippen LogP contribution in [-0.4, -0.2) is 37.1 Å². The molecule has 1 aromatic rings. The molecule has 0 aromatic heterocycles. The summed E-state index contributed by atoms with van der Waals surface area (Å²) < 4.78 is 53.0. The first-order valence-corrected chi connectivity index (χ1v) is 8.66. The lowest BCUT2D eigenvalue weighted by molar-refractivity contribution is -0.274. The Kier molecular flexibility index (Phi) is 6.05. The quantitative estimate of drug-likeness (QED) is 0.586. The first-order valence-electron chi connectivity index (χ1n) is 8.66. The molecule has 1 heterocycles. The molecule has 0 atom stereocenters. The summed E-state index contributed by atoms with van der Waals surface area (Å²) in [6, 6.07) is 3.64. The lowest BCUT2D eigenvalue weighted by Crippen LogP contribution is -2.41. The third-order valence-corrected chi connectivity index (χ3v) is 4.73. The van der Waals surface area contributed by atoms with Gasteiger partial charge in [-0.15, -0.1) is 13.2 Å². The standard InChI is InChI=1S/C18H24BF3N2O4/c1-11(25)24-10-13(19-27-16(2,3)17(4,5)28-19)8-12-6-7-14(9-15(12)23)26-18(20,21)22/h6-9H,10,23H2,1-5H3,(H,24,25). The van der Waals surface area contributed by atoms with Crippen LogP contribution in [0.25, 0.3) is 6.08 Å². The Morgan fingerprint density at radius 1 is 1.25 bits per heavy atom. The van der Waals surface area contributed by atoms with Crippen molar-refractivity contribution in [2.75, 3.05) is 12.3 Å². The Bertz CT molecular complexity index is 763. The Labute approximate surface area is 162 Å². The number of nitrogen functional groups attached to an aromatic ring is 1. The van der Waals surface area contributed by atoms with Gasteiger partial charge in [-0.05, 0) is 50.9 Å². The second-order valence-electron chi connectivity index (χ2n) is 7.56. The van der Waals surface area contributed by atoms with E-state index in [1.165, 1.54) is 13.0 Å². The normalized spacial score (nSPS) is 18.9. The molecule has 154 valence electrons. The van der Waals surface area contributed by atoms with E-state index in [-0.39, 0.29) is 18.1 Å². The van der Waals surface area contributed by atoms with Crippen LogP contribution in [0.1, 0.15) is 40.2 Å². The smallest absolute Gasteiger partial charge is 0.406 e. The van der Waals surface area contributed by atoms with Gasteiger partial charge in [-0.3, -0.25) is 4.79 Å². The number of anilines is 1.